The van der Waals surface area contributed by atoms with Crippen molar-refractivity contribution in [1.82, 2.24) is 39.3 Å². The quantitative estimate of drug-likeness (QED) is 0.162. The number of anilines is 2. The molecule has 0 aliphatic carbocycles. The van der Waals surface area contributed by atoms with Crippen molar-refractivity contribution in [3.63, 3.8) is 0 Å². The fourth-order valence-electron chi connectivity index (χ4n) is 11.6. The highest BCUT2D eigenvalue weighted by Gasteiger charge is 2.40. The van der Waals surface area contributed by atoms with E-state index < -0.39 is 18.4 Å². The lowest BCUT2D eigenvalue weighted by Crippen LogP contribution is -2.52. The van der Waals surface area contributed by atoms with Gasteiger partial charge in [-0.05, 0) is 98.4 Å². The summed E-state index contributed by atoms with van der Waals surface area (Å²) in [6, 6.07) is 11.2. The number of rotatable bonds is 8. The number of likely N-dealkylation sites (tertiary alicyclic amines) is 1. The van der Waals surface area contributed by atoms with Crippen molar-refractivity contribution in [3.8, 4) is 11.1 Å². The van der Waals surface area contributed by atoms with E-state index in [1.807, 2.05) is 36.2 Å². The fraction of sp³-hybridized carbons (Fsp3) is 0.480. The van der Waals surface area contributed by atoms with Gasteiger partial charge in [0.05, 0.1) is 18.1 Å². The zero-order valence-corrected chi connectivity index (χ0v) is 37.5. The van der Waals surface area contributed by atoms with Gasteiger partial charge >= 0.3 is 0 Å². The summed E-state index contributed by atoms with van der Waals surface area (Å²) in [6.45, 7) is 9.19. The van der Waals surface area contributed by atoms with Gasteiger partial charge < -0.3 is 24.0 Å². The van der Waals surface area contributed by atoms with Crippen LogP contribution in [-0.2, 0) is 51.6 Å². The van der Waals surface area contributed by atoms with Gasteiger partial charge in [0.2, 0.25) is 17.7 Å². The van der Waals surface area contributed by atoms with E-state index in [2.05, 4.69) is 47.7 Å². The molecule has 1 atom stereocenters. The number of hydrogen-bond acceptors (Lipinski definition) is 9. The third-order valence-corrected chi connectivity index (χ3v) is 15.1. The number of hydrogen-bond donors (Lipinski definition) is 1. The van der Waals surface area contributed by atoms with Crippen LogP contribution < -0.4 is 10.2 Å². The first kappa shape index (κ1) is 42.6. The third-order valence-electron chi connectivity index (χ3n) is 15.1. The lowest BCUT2D eigenvalue weighted by atomic mass is 9.91. The fourth-order valence-corrected chi connectivity index (χ4v) is 11.6. The van der Waals surface area contributed by atoms with Crippen LogP contribution in [0, 0.1) is 6.92 Å². The first-order chi connectivity index (χ1) is 32.0. The van der Waals surface area contributed by atoms with Gasteiger partial charge in [-0.3, -0.25) is 39.1 Å². The summed E-state index contributed by atoms with van der Waals surface area (Å²) in [5.41, 5.74) is 9.57. The average Bonchev–Trinajstić information content (AvgIpc) is 4.00. The number of carbonyl (C=O) groups excluding carboxylic acids is 4. The number of pyridine rings is 1. The van der Waals surface area contributed by atoms with E-state index in [9.17, 15) is 19.2 Å². The summed E-state index contributed by atoms with van der Waals surface area (Å²) < 4.78 is 41.3. The van der Waals surface area contributed by atoms with E-state index in [1.165, 1.54) is 0 Å². The molecule has 6 aliphatic heterocycles. The van der Waals surface area contributed by atoms with Gasteiger partial charge in [0, 0.05) is 135 Å². The summed E-state index contributed by atoms with van der Waals surface area (Å²) in [7, 11) is 0. The number of amides is 4. The highest BCUT2D eigenvalue weighted by atomic mass is 19.3. The minimum absolute atomic E-state index is 0.0129. The number of nitrogens with one attached hydrogen (secondary N) is 1. The van der Waals surface area contributed by atoms with Gasteiger partial charge in [0.25, 0.3) is 12.3 Å². The first-order valence-electron chi connectivity index (χ1n) is 23.6. The van der Waals surface area contributed by atoms with Crippen LogP contribution in [0.15, 0.2) is 48.8 Å². The normalized spacial score (nSPS) is 20.9. The molecular weight excluding hydrogens is 845 g/mol. The molecule has 1 unspecified atom stereocenters. The molecule has 14 nitrogen and oxygen atoms in total. The summed E-state index contributed by atoms with van der Waals surface area (Å²) in [5, 5.41) is 8.50. The topological polar surface area (TPSA) is 138 Å². The maximum absolute atomic E-state index is 15.6. The van der Waals surface area contributed by atoms with Crippen molar-refractivity contribution >= 4 is 46.0 Å². The Bertz CT molecular complexity index is 2790. The predicted octanol–water partition coefficient (Wildman–Crippen LogP) is 7.08. The van der Waals surface area contributed by atoms with Crippen LogP contribution in [0.1, 0.15) is 120 Å². The molecular formula is C50H55F2N9O5. The number of fused-ring (bicyclic) bond motifs is 4. The average molecular weight is 900 g/mol. The van der Waals surface area contributed by atoms with Crippen molar-refractivity contribution in [2.75, 3.05) is 44.3 Å². The molecule has 1 N–H and O–H groups in total. The molecule has 3 aromatic heterocycles. The highest BCUT2D eigenvalue weighted by Crippen LogP contribution is 2.46. The summed E-state index contributed by atoms with van der Waals surface area (Å²) in [5.74, 6) is -0.126. The molecule has 0 spiro atoms. The van der Waals surface area contributed by atoms with E-state index >= 15 is 8.78 Å². The largest absolute Gasteiger partial charge is 0.381 e. The predicted molar refractivity (Wildman–Crippen MR) is 242 cm³/mol. The van der Waals surface area contributed by atoms with Crippen LogP contribution in [0.4, 0.5) is 20.3 Å². The monoisotopic (exact) mass is 899 g/mol. The molecule has 0 radical (unpaired) electrons. The molecule has 2 aromatic carbocycles. The van der Waals surface area contributed by atoms with Gasteiger partial charge in [0.1, 0.15) is 6.04 Å². The van der Waals surface area contributed by atoms with Crippen LogP contribution in [0.5, 0.6) is 0 Å². The molecule has 11 rings (SSSR count). The van der Waals surface area contributed by atoms with Gasteiger partial charge in [0.15, 0.2) is 5.82 Å². The van der Waals surface area contributed by atoms with Crippen LogP contribution >= 0.6 is 0 Å². The number of piperidine rings is 2. The molecule has 66 heavy (non-hydrogen) atoms. The standard InChI is InChI=1S/C50H55F2N9O5/c1-29-21-45-38(24-53-29)40(28-59(45)33-10-16-56(17-11-33)25-32-5-3-7-35-39(32)27-60(50(35)65)43-8-9-46(63)54-49(43)64)36-22-31-6-4-15-58(44(31)23-37(36)47(51)52)48-41-26-57(30(2)62)18-12-42(41)61(55-48)34-13-19-66-20-14-34/h3,5,7,21-24,28,33-34,43,47H,4,6,8-20,25-27H2,1-2H3,(H,54,63,64). The molecule has 9 heterocycles. The number of halogens is 2. The number of aryl methyl sites for hydroxylation is 2. The SMILES string of the molecule is CC(=O)N1CCc2c(c(N3CCCc4cc(-c5cn(C6CCN(Cc7cccc8c7CN(C7CCC(=O)NC7=O)C8=O)CC6)c6cc(C)ncc56)c(C(F)F)cc43)nn2C2CCOCC2)C1. The zero-order valence-electron chi connectivity index (χ0n) is 37.5. The number of alkyl halides is 2. The van der Waals surface area contributed by atoms with E-state index in [-0.39, 0.29) is 41.8 Å². The highest BCUT2D eigenvalue weighted by molar-refractivity contribution is 6.05. The zero-order chi connectivity index (χ0) is 45.4. The Labute approximate surface area is 381 Å². The second-order valence-corrected chi connectivity index (χ2v) is 19.0. The Balaban J connectivity index is 0.876. The number of carbonyl (C=O) groups is 4. The van der Waals surface area contributed by atoms with Crippen LogP contribution in [0.25, 0.3) is 22.0 Å². The molecule has 344 valence electrons. The Kier molecular flexibility index (Phi) is 11.0. The van der Waals surface area contributed by atoms with Gasteiger partial charge in [-0.15, -0.1) is 0 Å². The first-order valence-corrected chi connectivity index (χ1v) is 23.6. The maximum atomic E-state index is 15.6. The van der Waals surface area contributed by atoms with Crippen molar-refractivity contribution in [2.24, 2.45) is 0 Å². The lowest BCUT2D eigenvalue weighted by Gasteiger charge is -2.34. The minimum atomic E-state index is -2.73. The molecule has 0 saturated carbocycles. The van der Waals surface area contributed by atoms with E-state index in [1.54, 1.807) is 17.9 Å². The van der Waals surface area contributed by atoms with Crippen molar-refractivity contribution in [2.45, 2.75) is 116 Å². The minimum Gasteiger partial charge on any atom is -0.381 e. The number of aromatic nitrogens is 4. The van der Waals surface area contributed by atoms with Gasteiger partial charge in [-0.25, -0.2) is 8.78 Å². The summed E-state index contributed by atoms with van der Waals surface area (Å²) in [6.07, 6.45) is 7.36. The van der Waals surface area contributed by atoms with Gasteiger partial charge in [-0.2, -0.15) is 5.10 Å². The molecule has 5 aromatic rings. The molecule has 4 amide bonds. The van der Waals surface area contributed by atoms with Crippen molar-refractivity contribution in [1.29, 1.82) is 0 Å². The Morgan fingerprint density at radius 1 is 0.894 bits per heavy atom. The second kappa shape index (κ2) is 17.0. The summed E-state index contributed by atoms with van der Waals surface area (Å²) in [4.78, 5) is 63.3. The number of imide groups is 1. The van der Waals surface area contributed by atoms with Crippen molar-refractivity contribution < 1.29 is 32.7 Å². The number of nitrogens with zero attached hydrogens (tertiary/aromatic N) is 8. The third kappa shape index (κ3) is 7.45. The Morgan fingerprint density at radius 3 is 2.48 bits per heavy atom. The summed E-state index contributed by atoms with van der Waals surface area (Å²) >= 11 is 0. The van der Waals surface area contributed by atoms with Crippen molar-refractivity contribution in [3.05, 3.63) is 93.6 Å². The Morgan fingerprint density at radius 2 is 1.71 bits per heavy atom. The van der Waals surface area contributed by atoms with E-state index in [0.717, 1.165) is 113 Å². The molecule has 6 aliphatic rings. The smallest absolute Gasteiger partial charge is 0.264 e. The van der Waals surface area contributed by atoms with E-state index in [0.29, 0.717) is 69.9 Å². The van der Waals surface area contributed by atoms with Crippen LogP contribution in [0.3, 0.4) is 0 Å². The molecule has 3 fully saturated rings. The van der Waals surface area contributed by atoms with Crippen LogP contribution in [-0.4, -0.2) is 103 Å². The number of benzene rings is 2. The van der Waals surface area contributed by atoms with Gasteiger partial charge in [-0.1, -0.05) is 12.1 Å². The van der Waals surface area contributed by atoms with E-state index in [4.69, 9.17) is 9.84 Å². The molecule has 3 saturated heterocycles. The Hall–Kier alpha value is -6.00. The maximum Gasteiger partial charge on any atom is 0.264 e. The lowest BCUT2D eigenvalue weighted by molar-refractivity contribution is -0.137. The second-order valence-electron chi connectivity index (χ2n) is 19.0. The number of ether oxygens (including phenoxy) is 1. The molecule has 16 heteroatoms. The molecule has 0 bridgehead atoms. The van der Waals surface area contributed by atoms with Crippen LogP contribution in [0.2, 0.25) is 0 Å².